The molecule has 0 spiro atoms. The lowest BCUT2D eigenvalue weighted by Gasteiger charge is -2.24. The van der Waals surface area contributed by atoms with Gasteiger partial charge in [-0.05, 0) is 44.5 Å². The number of fused-ring (bicyclic) bond motifs is 2. The third-order valence-corrected chi connectivity index (χ3v) is 6.50. The minimum Gasteiger partial charge on any atom is -0.505 e. The average Bonchev–Trinajstić information content (AvgIpc) is 3.49. The third kappa shape index (κ3) is 5.42. The number of amides is 1. The van der Waals surface area contributed by atoms with Crippen LogP contribution < -0.4 is 10.6 Å². The van der Waals surface area contributed by atoms with Crippen LogP contribution in [0.25, 0.3) is 21.8 Å². The number of ether oxygens (including phenoxy) is 1. The second kappa shape index (κ2) is 10.1. The zero-order valence-electron chi connectivity index (χ0n) is 21.0. The van der Waals surface area contributed by atoms with Gasteiger partial charge in [0.25, 0.3) is 5.91 Å². The SMILES string of the molecule is CC(C)(C)OC(=O)[C@H](Cc1c[nH]c2ccccc12)Nc1nnc(NC(=O)c2ccc3cccnc3c2O)s1. The van der Waals surface area contributed by atoms with E-state index < -0.39 is 23.5 Å². The summed E-state index contributed by atoms with van der Waals surface area (Å²) in [6.07, 6.45) is 3.77. The van der Waals surface area contributed by atoms with Crippen molar-refractivity contribution in [3.63, 3.8) is 0 Å². The number of esters is 1. The number of H-pyrrole nitrogens is 1. The topological polar surface area (TPSA) is 142 Å². The number of pyridine rings is 1. The van der Waals surface area contributed by atoms with Crippen molar-refractivity contribution in [1.82, 2.24) is 20.2 Å². The highest BCUT2D eigenvalue weighted by Crippen LogP contribution is 2.29. The molecule has 0 unspecified atom stereocenters. The molecule has 0 aliphatic rings. The molecule has 38 heavy (non-hydrogen) atoms. The molecule has 11 heteroatoms. The van der Waals surface area contributed by atoms with Crippen molar-refractivity contribution in [3.05, 3.63) is 72.1 Å². The van der Waals surface area contributed by atoms with Crippen LogP contribution in [-0.4, -0.2) is 48.8 Å². The number of aromatic amines is 1. The van der Waals surface area contributed by atoms with Gasteiger partial charge in [-0.15, -0.1) is 10.2 Å². The number of hydrogen-bond donors (Lipinski definition) is 4. The van der Waals surface area contributed by atoms with E-state index >= 15 is 0 Å². The highest BCUT2D eigenvalue weighted by atomic mass is 32.1. The molecule has 0 bridgehead atoms. The van der Waals surface area contributed by atoms with E-state index in [0.29, 0.717) is 22.5 Å². The van der Waals surface area contributed by atoms with Crippen molar-refractivity contribution >= 4 is 55.3 Å². The molecule has 0 saturated carbocycles. The number of carbonyl (C=O) groups is 2. The number of phenols is 1. The normalized spacial score (nSPS) is 12.4. The molecule has 5 aromatic rings. The fourth-order valence-corrected chi connectivity index (χ4v) is 4.74. The first-order valence-electron chi connectivity index (χ1n) is 11.9. The molecule has 0 radical (unpaired) electrons. The van der Waals surface area contributed by atoms with Crippen molar-refractivity contribution in [2.24, 2.45) is 0 Å². The summed E-state index contributed by atoms with van der Waals surface area (Å²) in [5, 5.41) is 26.7. The van der Waals surface area contributed by atoms with Gasteiger partial charge >= 0.3 is 5.97 Å². The molecule has 5 rings (SSSR count). The summed E-state index contributed by atoms with van der Waals surface area (Å²) >= 11 is 1.07. The average molecular weight is 531 g/mol. The summed E-state index contributed by atoms with van der Waals surface area (Å²) in [5.74, 6) is -1.20. The lowest BCUT2D eigenvalue weighted by molar-refractivity contribution is -0.155. The predicted molar refractivity (Wildman–Crippen MR) is 147 cm³/mol. The van der Waals surface area contributed by atoms with Gasteiger partial charge in [0.2, 0.25) is 10.3 Å². The number of aromatic hydroxyl groups is 1. The van der Waals surface area contributed by atoms with E-state index in [9.17, 15) is 14.7 Å². The number of anilines is 2. The Bertz CT molecular complexity index is 1640. The van der Waals surface area contributed by atoms with Gasteiger partial charge < -0.3 is 20.1 Å². The molecule has 10 nitrogen and oxygen atoms in total. The summed E-state index contributed by atoms with van der Waals surface area (Å²) in [5.41, 5.74) is 1.64. The molecule has 194 valence electrons. The molecular formula is C27H26N6O4S. The Morgan fingerprint density at radius 1 is 1.08 bits per heavy atom. The van der Waals surface area contributed by atoms with Crippen LogP contribution in [-0.2, 0) is 16.0 Å². The fraction of sp³-hybridized carbons (Fsp3) is 0.222. The van der Waals surface area contributed by atoms with E-state index in [1.54, 1.807) is 24.4 Å². The van der Waals surface area contributed by atoms with Crippen molar-refractivity contribution in [2.45, 2.75) is 38.8 Å². The Kier molecular flexibility index (Phi) is 6.68. The zero-order chi connectivity index (χ0) is 26.9. The summed E-state index contributed by atoms with van der Waals surface area (Å²) < 4.78 is 5.65. The van der Waals surface area contributed by atoms with Gasteiger partial charge in [0.05, 0.1) is 5.56 Å². The van der Waals surface area contributed by atoms with E-state index in [4.69, 9.17) is 4.74 Å². The molecular weight excluding hydrogens is 504 g/mol. The predicted octanol–water partition coefficient (Wildman–Crippen LogP) is 4.89. The lowest BCUT2D eigenvalue weighted by atomic mass is 10.0. The van der Waals surface area contributed by atoms with Crippen LogP contribution in [0.1, 0.15) is 36.7 Å². The smallest absolute Gasteiger partial charge is 0.329 e. The first-order chi connectivity index (χ1) is 18.2. The third-order valence-electron chi connectivity index (χ3n) is 5.73. The number of phenolic OH excluding ortho intramolecular Hbond substituents is 1. The Balaban J connectivity index is 1.34. The number of nitrogens with zero attached hydrogens (tertiary/aromatic N) is 3. The molecule has 1 amide bonds. The Labute approximate surface area is 222 Å². The van der Waals surface area contributed by atoms with Crippen molar-refractivity contribution < 1.29 is 19.4 Å². The van der Waals surface area contributed by atoms with Crippen molar-refractivity contribution in [1.29, 1.82) is 0 Å². The first-order valence-corrected chi connectivity index (χ1v) is 12.8. The Morgan fingerprint density at radius 2 is 1.87 bits per heavy atom. The van der Waals surface area contributed by atoms with E-state index in [-0.39, 0.29) is 16.4 Å². The fourth-order valence-electron chi connectivity index (χ4n) is 4.05. The van der Waals surface area contributed by atoms with Crippen LogP contribution in [0.5, 0.6) is 5.75 Å². The maximum Gasteiger partial charge on any atom is 0.329 e. The largest absolute Gasteiger partial charge is 0.505 e. The summed E-state index contributed by atoms with van der Waals surface area (Å²) in [6, 6.07) is 13.9. The number of nitrogens with one attached hydrogen (secondary N) is 3. The van der Waals surface area contributed by atoms with Crippen LogP contribution in [0.2, 0.25) is 0 Å². The number of benzene rings is 2. The van der Waals surface area contributed by atoms with E-state index in [2.05, 4.69) is 30.8 Å². The van der Waals surface area contributed by atoms with Gasteiger partial charge in [0.15, 0.2) is 5.75 Å². The summed E-state index contributed by atoms with van der Waals surface area (Å²) in [7, 11) is 0. The van der Waals surface area contributed by atoms with E-state index in [0.717, 1.165) is 27.8 Å². The minimum absolute atomic E-state index is 0.0619. The quantitative estimate of drug-likeness (QED) is 0.218. The molecule has 0 aliphatic carbocycles. The molecule has 4 N–H and O–H groups in total. The molecule has 0 saturated heterocycles. The molecule has 1 atom stereocenters. The lowest BCUT2D eigenvalue weighted by Crippen LogP contribution is -2.38. The van der Waals surface area contributed by atoms with Gasteiger partial charge in [0.1, 0.15) is 17.2 Å². The van der Waals surface area contributed by atoms with Crippen LogP contribution in [0, 0.1) is 0 Å². The highest BCUT2D eigenvalue weighted by molar-refractivity contribution is 7.19. The maximum atomic E-state index is 13.1. The number of hydrogen-bond acceptors (Lipinski definition) is 9. The zero-order valence-corrected chi connectivity index (χ0v) is 21.8. The number of para-hydroxylation sites is 1. The molecule has 0 fully saturated rings. The standard InChI is InChI=1S/C27H26N6O4S/c1-27(2,3)37-24(36)20(13-16-14-29-19-9-5-4-8-17(16)19)30-25-32-33-26(38-25)31-23(35)18-11-10-15-7-6-12-28-21(15)22(18)34/h4-12,14,20,29,34H,13H2,1-3H3,(H,30,32)(H,31,33,35)/t20-/m0/s1. The number of rotatable bonds is 7. The van der Waals surface area contributed by atoms with Crippen molar-refractivity contribution in [3.8, 4) is 5.75 Å². The second-order valence-electron chi connectivity index (χ2n) is 9.70. The number of aromatic nitrogens is 4. The molecule has 3 aromatic heterocycles. The monoisotopic (exact) mass is 530 g/mol. The number of carbonyl (C=O) groups excluding carboxylic acids is 2. The van der Waals surface area contributed by atoms with Gasteiger partial charge in [-0.1, -0.05) is 41.7 Å². The van der Waals surface area contributed by atoms with Gasteiger partial charge in [0, 0.05) is 35.1 Å². The first kappa shape index (κ1) is 25.2. The van der Waals surface area contributed by atoms with E-state index in [1.165, 1.54) is 6.07 Å². The summed E-state index contributed by atoms with van der Waals surface area (Å²) in [4.78, 5) is 33.3. The Morgan fingerprint density at radius 3 is 2.68 bits per heavy atom. The van der Waals surface area contributed by atoms with Crippen molar-refractivity contribution in [2.75, 3.05) is 10.6 Å². The van der Waals surface area contributed by atoms with Gasteiger partial charge in [-0.2, -0.15) is 0 Å². The maximum absolute atomic E-state index is 13.1. The summed E-state index contributed by atoms with van der Waals surface area (Å²) in [6.45, 7) is 5.43. The van der Waals surface area contributed by atoms with Crippen LogP contribution >= 0.6 is 11.3 Å². The van der Waals surface area contributed by atoms with Gasteiger partial charge in [-0.25, -0.2) is 4.79 Å². The minimum atomic E-state index is -0.750. The Hall–Kier alpha value is -4.51. The molecule has 3 heterocycles. The van der Waals surface area contributed by atoms with Gasteiger partial charge in [-0.3, -0.25) is 15.1 Å². The molecule has 0 aliphatic heterocycles. The van der Waals surface area contributed by atoms with E-state index in [1.807, 2.05) is 51.2 Å². The highest BCUT2D eigenvalue weighted by Gasteiger charge is 2.28. The van der Waals surface area contributed by atoms with Crippen LogP contribution in [0.15, 0.2) is 60.9 Å². The van der Waals surface area contributed by atoms with Crippen LogP contribution in [0.3, 0.4) is 0 Å². The second-order valence-corrected chi connectivity index (χ2v) is 10.7. The molecule has 2 aromatic carbocycles. The van der Waals surface area contributed by atoms with Crippen LogP contribution in [0.4, 0.5) is 10.3 Å².